The number of hydrogen-bond acceptors (Lipinski definition) is 2. The first-order chi connectivity index (χ1) is 12.5. The van der Waals surface area contributed by atoms with Gasteiger partial charge in [0, 0.05) is 28.1 Å². The highest BCUT2D eigenvalue weighted by Gasteiger charge is 2.26. The third kappa shape index (κ3) is 3.92. The first kappa shape index (κ1) is 19.2. The van der Waals surface area contributed by atoms with E-state index in [1.54, 1.807) is 0 Å². The molecule has 0 atom stereocenters. The van der Waals surface area contributed by atoms with Gasteiger partial charge in [-0.3, -0.25) is 4.79 Å². The maximum Gasteiger partial charge on any atom is 0.230 e. The van der Waals surface area contributed by atoms with Crippen LogP contribution in [0.1, 0.15) is 58.5 Å². The summed E-state index contributed by atoms with van der Waals surface area (Å²) in [7, 11) is 0. The molecule has 2 heterocycles. The highest BCUT2D eigenvalue weighted by Crippen LogP contribution is 2.29. The molecule has 0 bridgehead atoms. The third-order valence-corrected chi connectivity index (χ3v) is 4.75. The molecule has 27 heavy (non-hydrogen) atoms. The molecule has 5 heteroatoms. The summed E-state index contributed by atoms with van der Waals surface area (Å²) < 4.78 is 1.91. The highest BCUT2D eigenvalue weighted by molar-refractivity contribution is 5.96. The van der Waals surface area contributed by atoms with Crippen LogP contribution in [0.3, 0.4) is 0 Å². The maximum atomic E-state index is 12.8. The lowest BCUT2D eigenvalue weighted by molar-refractivity contribution is -0.115. The molecule has 144 valence electrons. The topological polar surface area (TPSA) is 62.7 Å². The van der Waals surface area contributed by atoms with Gasteiger partial charge >= 0.3 is 0 Å². The Morgan fingerprint density at radius 2 is 1.81 bits per heavy atom. The van der Waals surface area contributed by atoms with Crippen molar-refractivity contribution in [2.24, 2.45) is 0 Å². The lowest BCUT2D eigenvalue weighted by Gasteiger charge is -2.23. The van der Waals surface area contributed by atoms with E-state index in [0.29, 0.717) is 6.42 Å². The molecule has 0 saturated heterocycles. The second-order valence-electron chi connectivity index (χ2n) is 9.25. The van der Waals surface area contributed by atoms with Crippen LogP contribution >= 0.6 is 0 Å². The van der Waals surface area contributed by atoms with Crippen LogP contribution in [0.2, 0.25) is 0 Å². The minimum atomic E-state index is -0.219. The molecule has 0 radical (unpaired) electrons. The fraction of sp³-hybridized carbons (Fsp3) is 0.455. The number of carbonyl (C=O) groups excluding carboxylic acids is 1. The van der Waals surface area contributed by atoms with Crippen LogP contribution in [-0.2, 0) is 22.2 Å². The van der Waals surface area contributed by atoms with Gasteiger partial charge in [0.25, 0.3) is 0 Å². The minimum absolute atomic E-state index is 0.0336. The Morgan fingerprint density at radius 3 is 2.44 bits per heavy atom. The van der Waals surface area contributed by atoms with E-state index in [9.17, 15) is 4.79 Å². The van der Waals surface area contributed by atoms with E-state index in [0.717, 1.165) is 33.7 Å². The normalized spacial score (nSPS) is 12.6. The van der Waals surface area contributed by atoms with E-state index in [-0.39, 0.29) is 16.9 Å². The molecule has 0 aliphatic rings. The fourth-order valence-corrected chi connectivity index (χ4v) is 3.26. The SMILES string of the molecule is Cc1[nH]c2ccccc2c1CC(=O)Nc1cc(C(C)(C)C)nn1C(C)(C)C. The van der Waals surface area contributed by atoms with Gasteiger partial charge in [-0.15, -0.1) is 0 Å². The van der Waals surface area contributed by atoms with E-state index in [4.69, 9.17) is 5.10 Å². The minimum Gasteiger partial charge on any atom is -0.358 e. The molecule has 1 amide bonds. The molecule has 3 rings (SSSR count). The van der Waals surface area contributed by atoms with Crippen molar-refractivity contribution in [1.29, 1.82) is 0 Å². The van der Waals surface area contributed by atoms with Gasteiger partial charge in [0.05, 0.1) is 17.7 Å². The average Bonchev–Trinajstić information content (AvgIpc) is 3.09. The van der Waals surface area contributed by atoms with Gasteiger partial charge in [0.2, 0.25) is 5.91 Å². The van der Waals surface area contributed by atoms with Crippen molar-refractivity contribution < 1.29 is 4.79 Å². The summed E-state index contributed by atoms with van der Waals surface area (Å²) in [6, 6.07) is 10.1. The molecular formula is C22H30N4O. The van der Waals surface area contributed by atoms with E-state index in [1.165, 1.54) is 0 Å². The van der Waals surface area contributed by atoms with Crippen molar-refractivity contribution in [1.82, 2.24) is 14.8 Å². The second-order valence-corrected chi connectivity index (χ2v) is 9.25. The van der Waals surface area contributed by atoms with E-state index < -0.39 is 0 Å². The van der Waals surface area contributed by atoms with Crippen molar-refractivity contribution in [3.05, 3.63) is 47.3 Å². The van der Waals surface area contributed by atoms with Crippen LogP contribution in [0.25, 0.3) is 10.9 Å². The van der Waals surface area contributed by atoms with Gasteiger partial charge in [0.15, 0.2) is 0 Å². The van der Waals surface area contributed by atoms with Gasteiger partial charge in [-0.25, -0.2) is 4.68 Å². The number of benzene rings is 1. The molecule has 0 spiro atoms. The monoisotopic (exact) mass is 366 g/mol. The Hall–Kier alpha value is -2.56. The Kier molecular flexibility index (Phi) is 4.66. The smallest absolute Gasteiger partial charge is 0.230 e. The Balaban J connectivity index is 1.89. The van der Waals surface area contributed by atoms with Crippen molar-refractivity contribution in [2.45, 2.75) is 65.8 Å². The van der Waals surface area contributed by atoms with E-state index >= 15 is 0 Å². The summed E-state index contributed by atoms with van der Waals surface area (Å²) in [6.45, 7) is 14.7. The molecule has 3 aromatic rings. The number of amides is 1. The molecule has 1 aromatic carbocycles. The van der Waals surface area contributed by atoms with Crippen LogP contribution in [0.4, 0.5) is 5.82 Å². The molecule has 0 aliphatic heterocycles. The van der Waals surface area contributed by atoms with Crippen LogP contribution in [0.5, 0.6) is 0 Å². The van der Waals surface area contributed by atoms with Crippen molar-refractivity contribution in [3.8, 4) is 0 Å². The van der Waals surface area contributed by atoms with E-state index in [1.807, 2.05) is 35.9 Å². The zero-order chi connectivity index (χ0) is 20.0. The molecule has 2 aromatic heterocycles. The number of H-pyrrole nitrogens is 1. The first-order valence-electron chi connectivity index (χ1n) is 9.44. The summed E-state index contributed by atoms with van der Waals surface area (Å²) in [6.07, 6.45) is 0.329. The van der Waals surface area contributed by atoms with Gasteiger partial charge < -0.3 is 10.3 Å². The molecule has 0 unspecified atom stereocenters. The lowest BCUT2D eigenvalue weighted by Crippen LogP contribution is -2.27. The number of aryl methyl sites for hydroxylation is 1. The van der Waals surface area contributed by atoms with Crippen molar-refractivity contribution >= 4 is 22.6 Å². The van der Waals surface area contributed by atoms with Crippen LogP contribution < -0.4 is 5.32 Å². The summed E-state index contributed by atoms with van der Waals surface area (Å²) in [5, 5.41) is 8.96. The standard InChI is InChI=1S/C22H30N4O/c1-14-16(15-10-8-9-11-17(15)23-14)12-20(27)24-19-13-18(21(2,3)4)25-26(19)22(5,6)7/h8-11,13,23H,12H2,1-7H3,(H,24,27). The Labute approximate surface area is 161 Å². The molecule has 0 fully saturated rings. The molecular weight excluding hydrogens is 336 g/mol. The number of para-hydroxylation sites is 1. The number of hydrogen-bond donors (Lipinski definition) is 2. The first-order valence-corrected chi connectivity index (χ1v) is 9.44. The number of aromatic amines is 1. The van der Waals surface area contributed by atoms with Gasteiger partial charge in [-0.05, 0) is 39.3 Å². The Bertz CT molecular complexity index is 980. The summed E-state index contributed by atoms with van der Waals surface area (Å²) in [5.41, 5.74) is 3.81. The number of aromatic nitrogens is 3. The summed E-state index contributed by atoms with van der Waals surface area (Å²) >= 11 is 0. The number of fused-ring (bicyclic) bond motifs is 1. The maximum absolute atomic E-state index is 12.8. The van der Waals surface area contributed by atoms with E-state index in [2.05, 4.69) is 57.9 Å². The van der Waals surface area contributed by atoms with Gasteiger partial charge in [-0.1, -0.05) is 39.0 Å². The molecule has 5 nitrogen and oxygen atoms in total. The average molecular weight is 367 g/mol. The number of rotatable bonds is 3. The molecule has 0 aliphatic carbocycles. The van der Waals surface area contributed by atoms with Crippen molar-refractivity contribution in [2.75, 3.05) is 5.32 Å². The molecule has 2 N–H and O–H groups in total. The quantitative estimate of drug-likeness (QED) is 0.692. The second kappa shape index (κ2) is 6.55. The van der Waals surface area contributed by atoms with Crippen molar-refractivity contribution in [3.63, 3.8) is 0 Å². The molecule has 0 saturated carbocycles. The Morgan fingerprint density at radius 1 is 1.15 bits per heavy atom. The predicted octanol–water partition coefficient (Wildman–Crippen LogP) is 4.91. The fourth-order valence-electron chi connectivity index (χ4n) is 3.26. The van der Waals surface area contributed by atoms with Crippen LogP contribution in [0, 0.1) is 6.92 Å². The zero-order valence-corrected chi connectivity index (χ0v) is 17.4. The number of anilines is 1. The largest absolute Gasteiger partial charge is 0.358 e. The number of nitrogens with zero attached hydrogens (tertiary/aromatic N) is 2. The van der Waals surface area contributed by atoms with Crippen LogP contribution in [-0.4, -0.2) is 20.7 Å². The van der Waals surface area contributed by atoms with Gasteiger partial charge in [-0.2, -0.15) is 5.10 Å². The summed E-state index contributed by atoms with van der Waals surface area (Å²) in [4.78, 5) is 16.2. The number of carbonyl (C=O) groups is 1. The third-order valence-electron chi connectivity index (χ3n) is 4.75. The lowest BCUT2D eigenvalue weighted by atomic mass is 9.92. The predicted molar refractivity (Wildman–Crippen MR) is 111 cm³/mol. The zero-order valence-electron chi connectivity index (χ0n) is 17.4. The number of nitrogens with one attached hydrogen (secondary N) is 2. The van der Waals surface area contributed by atoms with Gasteiger partial charge in [0.1, 0.15) is 5.82 Å². The highest BCUT2D eigenvalue weighted by atomic mass is 16.1. The summed E-state index contributed by atoms with van der Waals surface area (Å²) in [5.74, 6) is 0.712. The van der Waals surface area contributed by atoms with Crippen LogP contribution in [0.15, 0.2) is 30.3 Å².